The molecule has 53 heavy (non-hydrogen) atoms. The Bertz CT molecular complexity index is 3120. The minimum atomic E-state index is 0.117. The van der Waals surface area contributed by atoms with Crippen molar-refractivity contribution in [3.05, 3.63) is 182 Å². The molecule has 9 aromatic carbocycles. The third-order valence-corrected chi connectivity index (χ3v) is 13.5. The molecule has 11 aromatic rings. The summed E-state index contributed by atoms with van der Waals surface area (Å²) in [4.78, 5) is 0. The summed E-state index contributed by atoms with van der Waals surface area (Å²) in [6.45, 7) is 2.02. The van der Waals surface area contributed by atoms with E-state index in [1.807, 2.05) is 6.92 Å². The van der Waals surface area contributed by atoms with Gasteiger partial charge in [0.05, 0.1) is 0 Å². The first kappa shape index (κ1) is 30.4. The Morgan fingerprint density at radius 2 is 0.849 bits per heavy atom. The first-order chi connectivity index (χ1) is 26.2. The summed E-state index contributed by atoms with van der Waals surface area (Å²) in [5.41, 5.74) is 8.94. The van der Waals surface area contributed by atoms with Crippen LogP contribution in [-0.4, -0.2) is 14.5 Å². The topological polar surface area (TPSA) is 13.1 Å². The predicted octanol–water partition coefficient (Wildman–Crippen LogP) is 14.2. The quantitative estimate of drug-likeness (QED) is 0.129. The van der Waals surface area contributed by atoms with E-state index in [9.17, 15) is 0 Å². The Morgan fingerprint density at radius 1 is 0.358 bits per heavy atom. The average Bonchev–Trinajstić information content (AvgIpc) is 3.82. The van der Waals surface area contributed by atoms with Gasteiger partial charge < -0.3 is 0 Å². The van der Waals surface area contributed by atoms with Gasteiger partial charge in [0.2, 0.25) is 0 Å². The minimum absolute atomic E-state index is 0.117. The van der Waals surface area contributed by atoms with Gasteiger partial charge >= 0.3 is 315 Å². The Balaban J connectivity index is 1.17. The van der Waals surface area contributed by atoms with Gasteiger partial charge in [-0.15, -0.1) is 0 Å². The molecule has 0 aliphatic heterocycles. The van der Waals surface area contributed by atoms with Crippen LogP contribution in [0.5, 0.6) is 0 Å². The Morgan fingerprint density at radius 3 is 1.40 bits per heavy atom. The molecule has 0 spiro atoms. The molecule has 0 atom stereocenters. The number of aryl methyl sites for hydroxylation is 1. The predicted molar refractivity (Wildman–Crippen MR) is 227 cm³/mol. The van der Waals surface area contributed by atoms with Crippen LogP contribution in [0.25, 0.3) is 107 Å². The molecule has 0 saturated heterocycles. The van der Waals surface area contributed by atoms with Crippen molar-refractivity contribution in [1.82, 2.24) is 0 Å². The van der Waals surface area contributed by atoms with Crippen LogP contribution in [-0.2, 0) is 0 Å². The second-order valence-electron chi connectivity index (χ2n) is 14.0. The van der Waals surface area contributed by atoms with Crippen molar-refractivity contribution >= 4 is 76.9 Å². The van der Waals surface area contributed by atoms with E-state index in [-0.39, 0.29) is 14.5 Å². The zero-order chi connectivity index (χ0) is 35.0. The van der Waals surface area contributed by atoms with Gasteiger partial charge in [-0.3, -0.25) is 0 Å². The fraction of sp³-hybridized carbons (Fsp3) is 0.0196. The average molecular weight is 740 g/mol. The van der Waals surface area contributed by atoms with E-state index in [2.05, 4.69) is 176 Å². The molecule has 248 valence electrons. The molecule has 0 aliphatic rings. The van der Waals surface area contributed by atoms with Crippen LogP contribution in [0.4, 0.5) is 0 Å². The molecule has 2 heterocycles. The zero-order valence-corrected chi connectivity index (χ0v) is 30.8. The van der Waals surface area contributed by atoms with Gasteiger partial charge in [-0.1, -0.05) is 0 Å². The fourth-order valence-corrected chi connectivity index (χ4v) is 11.4. The van der Waals surface area contributed by atoms with Crippen LogP contribution in [0, 0.1) is 6.92 Å². The second-order valence-corrected chi connectivity index (χ2v) is 16.2. The van der Waals surface area contributed by atoms with E-state index < -0.39 is 0 Å². The molecule has 2 aromatic heterocycles. The number of rotatable bonds is 4. The van der Waals surface area contributed by atoms with Gasteiger partial charge in [0, 0.05) is 0 Å². The molecule has 2 heteroatoms. The summed E-state index contributed by atoms with van der Waals surface area (Å²) in [5.74, 6) is 1.84. The maximum absolute atomic E-state index is 6.28. The second kappa shape index (κ2) is 11.9. The first-order valence-electron chi connectivity index (χ1n) is 18.2. The molecule has 0 N–H and O–H groups in total. The van der Waals surface area contributed by atoms with Gasteiger partial charge in [0.15, 0.2) is 0 Å². The van der Waals surface area contributed by atoms with E-state index in [0.29, 0.717) is 0 Å². The van der Waals surface area contributed by atoms with Gasteiger partial charge in [-0.05, 0) is 0 Å². The first-order valence-corrected chi connectivity index (χ1v) is 19.9. The summed E-state index contributed by atoms with van der Waals surface area (Å²) in [6, 6.07) is 64.8. The van der Waals surface area contributed by atoms with Crippen molar-refractivity contribution in [2.75, 3.05) is 0 Å². The third-order valence-electron chi connectivity index (χ3n) is 11.0. The third kappa shape index (κ3) is 4.63. The maximum atomic E-state index is 6.28. The van der Waals surface area contributed by atoms with Gasteiger partial charge in [-0.25, -0.2) is 0 Å². The zero-order valence-electron chi connectivity index (χ0n) is 29.1. The number of hydrogen-bond acceptors (Lipinski definition) is 1. The van der Waals surface area contributed by atoms with Crippen LogP contribution in [0.3, 0.4) is 0 Å². The van der Waals surface area contributed by atoms with Crippen molar-refractivity contribution in [2.24, 2.45) is 0 Å². The van der Waals surface area contributed by atoms with Crippen molar-refractivity contribution in [1.29, 1.82) is 0 Å². The van der Waals surface area contributed by atoms with E-state index in [1.165, 1.54) is 95.8 Å². The number of benzene rings is 9. The summed E-state index contributed by atoms with van der Waals surface area (Å²) in [6.07, 6.45) is 0. The molecule has 0 fully saturated rings. The van der Waals surface area contributed by atoms with E-state index in [1.54, 1.807) is 0 Å². The standard InChI is InChI=1S/C51H32OSe/c1-31-26-29-45(52-31)50-41-22-11-9-20-39(41)49(40-21-10-12-23-42(40)50)44-25-13-24-43-34-28-27-33(30-46(34)53-51(43)44)48-37-18-7-5-16-35(37)47(32-14-3-2-4-15-32)36-17-6-8-19-38(36)48/h2-30H,1H3. The van der Waals surface area contributed by atoms with Gasteiger partial charge in [-0.2, -0.15) is 0 Å². The molecule has 0 amide bonds. The molecule has 1 nitrogen and oxygen atoms in total. The van der Waals surface area contributed by atoms with Crippen molar-refractivity contribution < 1.29 is 4.42 Å². The molecular formula is C51H32OSe. The van der Waals surface area contributed by atoms with E-state index >= 15 is 0 Å². The monoisotopic (exact) mass is 740 g/mol. The Hall–Kier alpha value is -6.18. The van der Waals surface area contributed by atoms with Crippen LogP contribution in [0.1, 0.15) is 5.76 Å². The SMILES string of the molecule is Cc1ccc(-c2c3ccccc3c(-c3cccc4c3[se]c3cc(-c5c6ccccc6c(-c6ccccc6)c6ccccc56)ccc34)c3ccccc23)o1. The molecule has 11 rings (SSSR count). The number of fused-ring (bicyclic) bond motifs is 7. The molecular weight excluding hydrogens is 708 g/mol. The van der Waals surface area contributed by atoms with Crippen molar-refractivity contribution in [2.45, 2.75) is 6.92 Å². The van der Waals surface area contributed by atoms with E-state index in [0.717, 1.165) is 17.1 Å². The molecule has 0 bridgehead atoms. The van der Waals surface area contributed by atoms with Gasteiger partial charge in [0.25, 0.3) is 0 Å². The normalized spacial score (nSPS) is 11.9. The Kier molecular flexibility index (Phi) is 6.86. The van der Waals surface area contributed by atoms with Crippen molar-refractivity contribution in [3.8, 4) is 44.7 Å². The Labute approximate surface area is 313 Å². The number of furan rings is 1. The number of hydrogen-bond donors (Lipinski definition) is 0. The van der Waals surface area contributed by atoms with Crippen LogP contribution >= 0.6 is 0 Å². The van der Waals surface area contributed by atoms with E-state index in [4.69, 9.17) is 4.42 Å². The summed E-state index contributed by atoms with van der Waals surface area (Å²) in [5, 5.41) is 12.8. The van der Waals surface area contributed by atoms with Gasteiger partial charge in [0.1, 0.15) is 0 Å². The van der Waals surface area contributed by atoms with Crippen molar-refractivity contribution in [3.63, 3.8) is 0 Å². The molecule has 0 saturated carbocycles. The summed E-state index contributed by atoms with van der Waals surface area (Å²) in [7, 11) is 0. The van der Waals surface area contributed by atoms with Crippen LogP contribution in [0.2, 0.25) is 0 Å². The molecule has 0 aliphatic carbocycles. The van der Waals surface area contributed by atoms with Crippen LogP contribution < -0.4 is 0 Å². The summed E-state index contributed by atoms with van der Waals surface area (Å²) < 4.78 is 9.18. The molecule has 0 radical (unpaired) electrons. The fourth-order valence-electron chi connectivity index (χ4n) is 8.76. The molecule has 0 unspecified atom stereocenters. The summed E-state index contributed by atoms with van der Waals surface area (Å²) >= 11 is 0.117. The van der Waals surface area contributed by atoms with Crippen LogP contribution in [0.15, 0.2) is 180 Å².